The molecule has 0 aliphatic rings. The SMILES string of the molecule is CCCNC(=O)[C@@H](C)Sc1nncs1. The van der Waals surface area contributed by atoms with Gasteiger partial charge in [-0.1, -0.05) is 30.0 Å². The van der Waals surface area contributed by atoms with Gasteiger partial charge in [0, 0.05) is 6.54 Å². The van der Waals surface area contributed by atoms with Crippen LogP contribution in [0.15, 0.2) is 9.85 Å². The molecule has 0 saturated carbocycles. The van der Waals surface area contributed by atoms with Gasteiger partial charge in [0.1, 0.15) is 5.51 Å². The topological polar surface area (TPSA) is 54.9 Å². The van der Waals surface area contributed by atoms with Crippen molar-refractivity contribution in [3.05, 3.63) is 5.51 Å². The summed E-state index contributed by atoms with van der Waals surface area (Å²) in [4.78, 5) is 11.5. The van der Waals surface area contributed by atoms with Crippen LogP contribution in [0.3, 0.4) is 0 Å². The van der Waals surface area contributed by atoms with E-state index in [2.05, 4.69) is 15.5 Å². The molecule has 0 fully saturated rings. The lowest BCUT2D eigenvalue weighted by Crippen LogP contribution is -2.31. The van der Waals surface area contributed by atoms with Crippen LogP contribution in [0.5, 0.6) is 0 Å². The molecule has 1 N–H and O–H groups in total. The molecule has 0 radical (unpaired) electrons. The zero-order valence-corrected chi connectivity index (χ0v) is 9.82. The van der Waals surface area contributed by atoms with Gasteiger partial charge in [-0.3, -0.25) is 4.79 Å². The van der Waals surface area contributed by atoms with E-state index < -0.39 is 0 Å². The first-order valence-electron chi connectivity index (χ1n) is 4.44. The highest BCUT2D eigenvalue weighted by molar-refractivity contribution is 8.02. The fourth-order valence-electron chi connectivity index (χ4n) is 0.811. The van der Waals surface area contributed by atoms with Gasteiger partial charge in [0.25, 0.3) is 0 Å². The summed E-state index contributed by atoms with van der Waals surface area (Å²) in [5.41, 5.74) is 1.67. The summed E-state index contributed by atoms with van der Waals surface area (Å²) in [5.74, 6) is 0.0621. The van der Waals surface area contributed by atoms with E-state index in [0.717, 1.165) is 17.3 Å². The van der Waals surface area contributed by atoms with Crippen LogP contribution in [0.4, 0.5) is 0 Å². The van der Waals surface area contributed by atoms with Gasteiger partial charge < -0.3 is 5.32 Å². The Morgan fingerprint density at radius 1 is 1.79 bits per heavy atom. The van der Waals surface area contributed by atoms with E-state index in [0.29, 0.717) is 0 Å². The molecule has 0 spiro atoms. The molecule has 0 saturated heterocycles. The summed E-state index contributed by atoms with van der Waals surface area (Å²) in [6, 6.07) is 0. The Morgan fingerprint density at radius 3 is 3.14 bits per heavy atom. The van der Waals surface area contributed by atoms with Crippen molar-refractivity contribution in [3.8, 4) is 0 Å². The summed E-state index contributed by atoms with van der Waals surface area (Å²) in [6.45, 7) is 4.64. The number of carbonyl (C=O) groups excluding carboxylic acids is 1. The Balaban J connectivity index is 2.34. The van der Waals surface area contributed by atoms with Crippen LogP contribution in [-0.2, 0) is 4.79 Å². The van der Waals surface area contributed by atoms with Gasteiger partial charge >= 0.3 is 0 Å². The van der Waals surface area contributed by atoms with Gasteiger partial charge in [0.05, 0.1) is 5.25 Å². The maximum atomic E-state index is 11.5. The quantitative estimate of drug-likeness (QED) is 0.781. The number of rotatable bonds is 5. The van der Waals surface area contributed by atoms with E-state index in [-0.39, 0.29) is 11.2 Å². The van der Waals surface area contributed by atoms with Crippen LogP contribution >= 0.6 is 23.1 Å². The van der Waals surface area contributed by atoms with E-state index in [1.807, 2.05) is 13.8 Å². The molecular weight excluding hydrogens is 218 g/mol. The fourth-order valence-corrected chi connectivity index (χ4v) is 2.46. The minimum Gasteiger partial charge on any atom is -0.355 e. The third kappa shape index (κ3) is 3.63. The molecule has 0 unspecified atom stereocenters. The maximum Gasteiger partial charge on any atom is 0.233 e. The van der Waals surface area contributed by atoms with Gasteiger partial charge in [0.2, 0.25) is 5.91 Å². The molecule has 1 atom stereocenters. The number of aromatic nitrogens is 2. The number of hydrogen-bond donors (Lipinski definition) is 1. The third-order valence-electron chi connectivity index (χ3n) is 1.54. The van der Waals surface area contributed by atoms with Crippen molar-refractivity contribution < 1.29 is 4.79 Å². The molecule has 0 bridgehead atoms. The highest BCUT2D eigenvalue weighted by Gasteiger charge is 2.14. The van der Waals surface area contributed by atoms with Gasteiger partial charge in [-0.25, -0.2) is 0 Å². The van der Waals surface area contributed by atoms with Crippen LogP contribution in [0.1, 0.15) is 20.3 Å². The number of thioether (sulfide) groups is 1. The van der Waals surface area contributed by atoms with Crippen molar-refractivity contribution >= 4 is 29.0 Å². The molecule has 6 heteroatoms. The largest absolute Gasteiger partial charge is 0.355 e. The Hall–Kier alpha value is -0.620. The second-order valence-electron chi connectivity index (χ2n) is 2.76. The first-order chi connectivity index (χ1) is 6.74. The molecular formula is C8H13N3OS2. The average molecular weight is 231 g/mol. The zero-order valence-electron chi connectivity index (χ0n) is 8.19. The van der Waals surface area contributed by atoms with Crippen LogP contribution in [-0.4, -0.2) is 27.9 Å². The van der Waals surface area contributed by atoms with Gasteiger partial charge in [-0.15, -0.1) is 10.2 Å². The first-order valence-corrected chi connectivity index (χ1v) is 6.20. The number of carbonyl (C=O) groups is 1. The molecule has 78 valence electrons. The van der Waals surface area contributed by atoms with Crippen molar-refractivity contribution in [1.82, 2.24) is 15.5 Å². The third-order valence-corrected chi connectivity index (χ3v) is 3.45. The van der Waals surface area contributed by atoms with Crippen molar-refractivity contribution in [2.45, 2.75) is 29.9 Å². The Kier molecular flexibility index (Phi) is 4.89. The van der Waals surface area contributed by atoms with E-state index in [1.165, 1.54) is 23.1 Å². The molecule has 0 aliphatic heterocycles. The molecule has 1 aromatic rings. The number of amides is 1. The monoisotopic (exact) mass is 231 g/mol. The maximum absolute atomic E-state index is 11.5. The fraction of sp³-hybridized carbons (Fsp3) is 0.625. The second kappa shape index (κ2) is 5.98. The summed E-state index contributed by atoms with van der Waals surface area (Å²) in [7, 11) is 0. The van der Waals surface area contributed by atoms with Crippen LogP contribution in [0, 0.1) is 0 Å². The molecule has 1 aromatic heterocycles. The van der Waals surface area contributed by atoms with E-state index in [4.69, 9.17) is 0 Å². The smallest absolute Gasteiger partial charge is 0.233 e. The summed E-state index contributed by atoms with van der Waals surface area (Å²) < 4.78 is 0.837. The minimum atomic E-state index is -0.102. The molecule has 0 aromatic carbocycles. The van der Waals surface area contributed by atoms with Crippen molar-refractivity contribution in [2.75, 3.05) is 6.54 Å². The molecule has 14 heavy (non-hydrogen) atoms. The van der Waals surface area contributed by atoms with Crippen molar-refractivity contribution in [3.63, 3.8) is 0 Å². The van der Waals surface area contributed by atoms with Crippen LogP contribution in [0.2, 0.25) is 0 Å². The van der Waals surface area contributed by atoms with Crippen molar-refractivity contribution in [2.24, 2.45) is 0 Å². The zero-order chi connectivity index (χ0) is 10.4. The standard InChI is InChI=1S/C8H13N3OS2/c1-3-4-9-7(12)6(2)14-8-11-10-5-13-8/h5-6H,3-4H2,1-2H3,(H,9,12)/t6-/m1/s1. The summed E-state index contributed by atoms with van der Waals surface area (Å²) in [5, 5.41) is 10.3. The second-order valence-corrected chi connectivity index (χ2v) is 5.18. The van der Waals surface area contributed by atoms with E-state index >= 15 is 0 Å². The highest BCUT2D eigenvalue weighted by atomic mass is 32.2. The number of nitrogens with one attached hydrogen (secondary N) is 1. The number of nitrogens with zero attached hydrogens (tertiary/aromatic N) is 2. The molecule has 1 heterocycles. The lowest BCUT2D eigenvalue weighted by molar-refractivity contribution is -0.120. The lowest BCUT2D eigenvalue weighted by Gasteiger charge is -2.08. The van der Waals surface area contributed by atoms with Crippen molar-refractivity contribution in [1.29, 1.82) is 0 Å². The summed E-state index contributed by atoms with van der Waals surface area (Å²) in [6.07, 6.45) is 0.960. The van der Waals surface area contributed by atoms with E-state index in [9.17, 15) is 4.79 Å². The van der Waals surface area contributed by atoms with Gasteiger partial charge in [0.15, 0.2) is 4.34 Å². The van der Waals surface area contributed by atoms with Gasteiger partial charge in [-0.05, 0) is 13.3 Å². The Morgan fingerprint density at radius 2 is 2.57 bits per heavy atom. The first kappa shape index (κ1) is 11.5. The molecule has 4 nitrogen and oxygen atoms in total. The lowest BCUT2D eigenvalue weighted by atomic mass is 10.4. The Labute approximate surface area is 91.5 Å². The number of hydrogen-bond acceptors (Lipinski definition) is 5. The molecule has 1 amide bonds. The van der Waals surface area contributed by atoms with E-state index in [1.54, 1.807) is 5.51 Å². The Bertz CT molecular complexity index is 276. The van der Waals surface area contributed by atoms with Crippen LogP contribution < -0.4 is 5.32 Å². The highest BCUT2D eigenvalue weighted by Crippen LogP contribution is 2.23. The summed E-state index contributed by atoms with van der Waals surface area (Å²) >= 11 is 2.89. The molecule has 1 rings (SSSR count). The normalized spacial score (nSPS) is 12.4. The average Bonchev–Trinajstić information content (AvgIpc) is 2.66. The van der Waals surface area contributed by atoms with Crippen LogP contribution in [0.25, 0.3) is 0 Å². The minimum absolute atomic E-state index is 0.0621. The predicted molar refractivity (Wildman–Crippen MR) is 58.5 cm³/mol. The molecule has 0 aliphatic carbocycles. The predicted octanol–water partition coefficient (Wildman–Crippen LogP) is 1.54. The van der Waals surface area contributed by atoms with Gasteiger partial charge in [-0.2, -0.15) is 0 Å².